The van der Waals surface area contributed by atoms with Gasteiger partial charge in [-0.3, -0.25) is 4.90 Å². The first kappa shape index (κ1) is 15.8. The molecule has 0 aliphatic carbocycles. The number of halogens is 2. The lowest BCUT2D eigenvalue weighted by atomic mass is 9.95. The van der Waals surface area contributed by atoms with Crippen LogP contribution in [0.15, 0.2) is 0 Å². The summed E-state index contributed by atoms with van der Waals surface area (Å²) >= 11 is 0. The molecule has 108 valence electrons. The molecule has 0 aromatic heterocycles. The Morgan fingerprint density at radius 1 is 1.11 bits per heavy atom. The Balaban J connectivity index is 0.000000771. The summed E-state index contributed by atoms with van der Waals surface area (Å²) in [5.41, 5.74) is 0. The minimum atomic E-state index is -2.44. The lowest BCUT2D eigenvalue weighted by molar-refractivity contribution is -0.0684. The van der Waals surface area contributed by atoms with Gasteiger partial charge in [0.1, 0.15) is 0 Å². The Kier molecular flexibility index (Phi) is 6.50. The van der Waals surface area contributed by atoms with Gasteiger partial charge >= 0.3 is 0 Å². The summed E-state index contributed by atoms with van der Waals surface area (Å²) in [5.74, 6) is -1.81. The van der Waals surface area contributed by atoms with Crippen LogP contribution in [0.4, 0.5) is 8.78 Å². The van der Waals surface area contributed by atoms with E-state index in [0.717, 1.165) is 26.2 Å². The molecule has 0 unspecified atom stereocenters. The van der Waals surface area contributed by atoms with Crippen molar-refractivity contribution in [3.63, 3.8) is 0 Å². The molecule has 2 rings (SSSR count). The van der Waals surface area contributed by atoms with Crippen molar-refractivity contribution in [3.05, 3.63) is 0 Å². The maximum atomic E-state index is 13.2. The maximum absolute atomic E-state index is 13.2. The van der Waals surface area contributed by atoms with Crippen LogP contribution in [0.1, 0.15) is 39.5 Å². The van der Waals surface area contributed by atoms with Crippen molar-refractivity contribution in [3.8, 4) is 0 Å². The molecule has 2 heterocycles. The van der Waals surface area contributed by atoms with E-state index in [1.807, 2.05) is 18.7 Å². The Hall–Kier alpha value is -0.220. The van der Waals surface area contributed by atoms with E-state index in [-0.39, 0.29) is 13.0 Å². The summed E-state index contributed by atoms with van der Waals surface area (Å²) in [6, 6.07) is 0. The first-order valence-corrected chi connectivity index (χ1v) is 7.34. The average Bonchev–Trinajstić information content (AvgIpc) is 2.33. The Morgan fingerprint density at radius 3 is 2.28 bits per heavy atom. The molecule has 2 saturated heterocycles. The van der Waals surface area contributed by atoms with Crippen molar-refractivity contribution >= 4 is 0 Å². The van der Waals surface area contributed by atoms with E-state index in [4.69, 9.17) is 0 Å². The summed E-state index contributed by atoms with van der Waals surface area (Å²) in [5, 5.41) is 0. The van der Waals surface area contributed by atoms with Crippen molar-refractivity contribution in [1.82, 2.24) is 9.80 Å². The third-order valence-corrected chi connectivity index (χ3v) is 3.83. The van der Waals surface area contributed by atoms with Gasteiger partial charge in [0.2, 0.25) is 0 Å². The maximum Gasteiger partial charge on any atom is 0.260 e. The highest BCUT2D eigenvalue weighted by Crippen LogP contribution is 2.28. The normalized spacial score (nSPS) is 26.5. The third kappa shape index (κ3) is 5.19. The molecule has 0 amide bonds. The first-order chi connectivity index (χ1) is 8.55. The highest BCUT2D eigenvalue weighted by atomic mass is 19.3. The molecule has 2 aliphatic rings. The van der Waals surface area contributed by atoms with Crippen molar-refractivity contribution in [2.24, 2.45) is 5.92 Å². The number of likely N-dealkylation sites (tertiary alicyclic amines) is 2. The first-order valence-electron chi connectivity index (χ1n) is 7.34. The predicted octanol–water partition coefficient (Wildman–Crippen LogP) is 3.09. The number of rotatable bonds is 2. The Bertz CT molecular complexity index is 226. The van der Waals surface area contributed by atoms with E-state index in [9.17, 15) is 8.78 Å². The summed E-state index contributed by atoms with van der Waals surface area (Å²) in [7, 11) is 2.13. The van der Waals surface area contributed by atoms with Gasteiger partial charge in [-0.1, -0.05) is 13.8 Å². The van der Waals surface area contributed by atoms with Gasteiger partial charge in [0.25, 0.3) is 5.92 Å². The van der Waals surface area contributed by atoms with Crippen LogP contribution in [0.3, 0.4) is 0 Å². The number of nitrogens with zero attached hydrogens (tertiary/aromatic N) is 2. The third-order valence-electron chi connectivity index (χ3n) is 3.83. The Morgan fingerprint density at radius 2 is 1.72 bits per heavy atom. The molecule has 0 bridgehead atoms. The highest BCUT2D eigenvalue weighted by molar-refractivity contribution is 4.81. The molecule has 0 aromatic rings. The minimum absolute atomic E-state index is 0.0145. The zero-order chi connectivity index (χ0) is 13.6. The van der Waals surface area contributed by atoms with Gasteiger partial charge in [-0.2, -0.15) is 0 Å². The second-order valence-electron chi connectivity index (χ2n) is 5.44. The second kappa shape index (κ2) is 7.39. The van der Waals surface area contributed by atoms with Gasteiger partial charge in [0.15, 0.2) is 0 Å². The molecule has 0 aromatic carbocycles. The summed E-state index contributed by atoms with van der Waals surface area (Å²) < 4.78 is 26.4. The number of hydrogen-bond acceptors (Lipinski definition) is 2. The van der Waals surface area contributed by atoms with E-state index < -0.39 is 5.92 Å². The molecule has 2 fully saturated rings. The van der Waals surface area contributed by atoms with Gasteiger partial charge < -0.3 is 4.90 Å². The molecule has 0 radical (unpaired) electrons. The fraction of sp³-hybridized carbons (Fsp3) is 1.00. The van der Waals surface area contributed by atoms with Crippen molar-refractivity contribution in [2.45, 2.75) is 45.5 Å². The molecule has 0 atom stereocenters. The lowest BCUT2D eigenvalue weighted by Crippen LogP contribution is -2.46. The fourth-order valence-corrected chi connectivity index (χ4v) is 2.81. The fourth-order valence-electron chi connectivity index (χ4n) is 2.81. The summed E-state index contributed by atoms with van der Waals surface area (Å²) in [4.78, 5) is 4.29. The SMILES string of the molecule is CC.CN1CCC(CN2CCCC(F)(F)C2)CC1. The molecule has 2 aliphatic heterocycles. The van der Waals surface area contributed by atoms with Crippen LogP contribution in [-0.2, 0) is 0 Å². The van der Waals surface area contributed by atoms with Crippen molar-refractivity contribution in [1.29, 1.82) is 0 Å². The van der Waals surface area contributed by atoms with E-state index >= 15 is 0 Å². The molecule has 18 heavy (non-hydrogen) atoms. The quantitative estimate of drug-likeness (QED) is 0.754. The van der Waals surface area contributed by atoms with Crippen LogP contribution < -0.4 is 0 Å². The number of piperidine rings is 2. The van der Waals surface area contributed by atoms with E-state index in [1.54, 1.807) is 0 Å². The monoisotopic (exact) mass is 262 g/mol. The minimum Gasteiger partial charge on any atom is -0.306 e. The van der Waals surface area contributed by atoms with Gasteiger partial charge in [-0.05, 0) is 51.9 Å². The van der Waals surface area contributed by atoms with Crippen LogP contribution in [-0.4, -0.2) is 55.5 Å². The van der Waals surface area contributed by atoms with E-state index in [0.29, 0.717) is 12.3 Å². The average molecular weight is 262 g/mol. The molecule has 2 nitrogen and oxygen atoms in total. The molecule has 0 spiro atoms. The Labute approximate surface area is 110 Å². The van der Waals surface area contributed by atoms with Gasteiger partial charge in [0, 0.05) is 13.0 Å². The molecule has 0 N–H and O–H groups in total. The standard InChI is InChI=1S/C12H22F2N2.C2H6/c1-15-7-3-11(4-8-15)9-16-6-2-5-12(13,14)10-16;1-2/h11H,2-10H2,1H3;1-2H3. The van der Waals surface area contributed by atoms with Gasteiger partial charge in [-0.25, -0.2) is 8.78 Å². The van der Waals surface area contributed by atoms with Crippen LogP contribution in [0.2, 0.25) is 0 Å². The molecular formula is C14H28F2N2. The lowest BCUT2D eigenvalue weighted by Gasteiger charge is -2.37. The summed E-state index contributed by atoms with van der Waals surface area (Å²) in [6.45, 7) is 7.97. The molecule has 0 saturated carbocycles. The molecule has 4 heteroatoms. The smallest absolute Gasteiger partial charge is 0.260 e. The second-order valence-corrected chi connectivity index (χ2v) is 5.44. The zero-order valence-electron chi connectivity index (χ0n) is 12.1. The van der Waals surface area contributed by atoms with Crippen LogP contribution in [0, 0.1) is 5.92 Å². The van der Waals surface area contributed by atoms with Crippen LogP contribution in [0.5, 0.6) is 0 Å². The number of hydrogen-bond donors (Lipinski definition) is 0. The predicted molar refractivity (Wildman–Crippen MR) is 72.2 cm³/mol. The van der Waals surface area contributed by atoms with Crippen molar-refractivity contribution < 1.29 is 8.78 Å². The highest BCUT2D eigenvalue weighted by Gasteiger charge is 2.35. The number of alkyl halides is 2. The van der Waals surface area contributed by atoms with E-state index in [1.165, 1.54) is 12.8 Å². The summed E-state index contributed by atoms with van der Waals surface area (Å²) in [6.07, 6.45) is 3.06. The van der Waals surface area contributed by atoms with Crippen LogP contribution in [0.25, 0.3) is 0 Å². The van der Waals surface area contributed by atoms with Gasteiger partial charge in [-0.15, -0.1) is 0 Å². The zero-order valence-corrected chi connectivity index (χ0v) is 12.1. The van der Waals surface area contributed by atoms with Gasteiger partial charge in [0.05, 0.1) is 6.54 Å². The largest absolute Gasteiger partial charge is 0.306 e. The van der Waals surface area contributed by atoms with Crippen molar-refractivity contribution in [2.75, 3.05) is 39.8 Å². The topological polar surface area (TPSA) is 6.48 Å². The van der Waals surface area contributed by atoms with E-state index in [2.05, 4.69) is 11.9 Å². The molecular weight excluding hydrogens is 234 g/mol. The van der Waals surface area contributed by atoms with Crippen LogP contribution >= 0.6 is 0 Å².